The van der Waals surface area contributed by atoms with Crippen molar-refractivity contribution < 1.29 is 14.3 Å². The lowest BCUT2D eigenvalue weighted by Gasteiger charge is -2.16. The first-order valence-corrected chi connectivity index (χ1v) is 7.45. The van der Waals surface area contributed by atoms with Gasteiger partial charge >= 0.3 is 0 Å². The minimum atomic E-state index is -0.853. The highest BCUT2D eigenvalue weighted by atomic mass is 35.5. The second-order valence-electron chi connectivity index (χ2n) is 4.76. The van der Waals surface area contributed by atoms with Gasteiger partial charge in [0.1, 0.15) is 5.75 Å². The van der Waals surface area contributed by atoms with E-state index in [9.17, 15) is 9.59 Å². The van der Waals surface area contributed by atoms with Crippen LogP contribution in [-0.4, -0.2) is 17.9 Å². The van der Waals surface area contributed by atoms with E-state index in [0.29, 0.717) is 15.7 Å². The van der Waals surface area contributed by atoms with Crippen molar-refractivity contribution in [3.63, 3.8) is 0 Å². The van der Waals surface area contributed by atoms with Gasteiger partial charge in [0, 0.05) is 15.7 Å². The molecule has 23 heavy (non-hydrogen) atoms. The van der Waals surface area contributed by atoms with Crippen molar-refractivity contribution in [3.05, 3.63) is 58.1 Å². The smallest absolute Gasteiger partial charge is 0.265 e. The van der Waals surface area contributed by atoms with Crippen LogP contribution in [0.3, 0.4) is 0 Å². The number of nitrogens with two attached hydrogens (primary N) is 1. The molecule has 3 N–H and O–H groups in total. The van der Waals surface area contributed by atoms with Gasteiger partial charge in [-0.15, -0.1) is 0 Å². The van der Waals surface area contributed by atoms with E-state index in [1.807, 2.05) is 0 Å². The number of hydrogen-bond donors (Lipinski definition) is 2. The molecule has 1 unspecified atom stereocenters. The van der Waals surface area contributed by atoms with E-state index in [-0.39, 0.29) is 11.3 Å². The van der Waals surface area contributed by atoms with Crippen molar-refractivity contribution in [2.45, 2.75) is 13.0 Å². The van der Waals surface area contributed by atoms with Crippen molar-refractivity contribution in [2.24, 2.45) is 5.73 Å². The lowest BCUT2D eigenvalue weighted by molar-refractivity contribution is -0.122. The zero-order valence-electron chi connectivity index (χ0n) is 12.2. The second-order valence-corrected chi connectivity index (χ2v) is 5.64. The summed E-state index contributed by atoms with van der Waals surface area (Å²) in [7, 11) is 0. The van der Waals surface area contributed by atoms with Crippen LogP contribution in [0.1, 0.15) is 17.3 Å². The van der Waals surface area contributed by atoms with Crippen LogP contribution in [0.5, 0.6) is 5.75 Å². The number of carbonyl (C=O) groups excluding carboxylic acids is 2. The van der Waals surface area contributed by atoms with Crippen LogP contribution in [0.25, 0.3) is 0 Å². The molecule has 0 aliphatic rings. The number of primary amides is 1. The SMILES string of the molecule is CC(Oc1ccc(Cl)cc1C(N)=O)C(=O)Nc1cccc(Cl)c1. The molecular formula is C16H14Cl2N2O3. The largest absolute Gasteiger partial charge is 0.480 e. The van der Waals surface area contributed by atoms with Gasteiger partial charge in [-0.25, -0.2) is 0 Å². The Bertz CT molecular complexity index is 750. The molecule has 7 heteroatoms. The summed E-state index contributed by atoms with van der Waals surface area (Å²) in [4.78, 5) is 23.6. The Labute approximate surface area is 143 Å². The first-order valence-electron chi connectivity index (χ1n) is 6.69. The predicted molar refractivity (Wildman–Crippen MR) is 90.1 cm³/mol. The Kier molecular flexibility index (Phi) is 5.47. The van der Waals surface area contributed by atoms with Gasteiger partial charge in [0.05, 0.1) is 5.56 Å². The number of nitrogens with one attached hydrogen (secondary N) is 1. The van der Waals surface area contributed by atoms with Crippen LogP contribution >= 0.6 is 23.2 Å². The summed E-state index contributed by atoms with van der Waals surface area (Å²) >= 11 is 11.7. The van der Waals surface area contributed by atoms with Gasteiger partial charge in [-0.2, -0.15) is 0 Å². The molecule has 2 rings (SSSR count). The highest BCUT2D eigenvalue weighted by Crippen LogP contribution is 2.24. The first kappa shape index (κ1) is 17.1. The number of ether oxygens (including phenoxy) is 1. The standard InChI is InChI=1S/C16H14Cl2N2O3/c1-9(16(22)20-12-4-2-3-10(17)7-12)23-14-6-5-11(18)8-13(14)15(19)21/h2-9H,1H3,(H2,19,21)(H,20,22). The summed E-state index contributed by atoms with van der Waals surface area (Å²) in [6.45, 7) is 1.55. The fourth-order valence-corrected chi connectivity index (χ4v) is 2.21. The molecule has 0 spiro atoms. The number of amides is 2. The van der Waals surface area contributed by atoms with Crippen LogP contribution < -0.4 is 15.8 Å². The van der Waals surface area contributed by atoms with E-state index < -0.39 is 17.9 Å². The third kappa shape index (κ3) is 4.61. The van der Waals surface area contributed by atoms with Crippen molar-refractivity contribution in [1.82, 2.24) is 0 Å². The topological polar surface area (TPSA) is 81.4 Å². The van der Waals surface area contributed by atoms with Crippen LogP contribution in [0.15, 0.2) is 42.5 Å². The Balaban J connectivity index is 2.11. The summed E-state index contributed by atoms with van der Waals surface area (Å²) in [6, 6.07) is 11.2. The Morgan fingerprint density at radius 1 is 1.13 bits per heavy atom. The summed E-state index contributed by atoms with van der Waals surface area (Å²) in [5.74, 6) is -0.891. The quantitative estimate of drug-likeness (QED) is 0.863. The number of benzene rings is 2. The van der Waals surface area contributed by atoms with Crippen LogP contribution in [-0.2, 0) is 4.79 Å². The number of rotatable bonds is 5. The zero-order chi connectivity index (χ0) is 17.0. The van der Waals surface area contributed by atoms with E-state index >= 15 is 0 Å². The Hall–Kier alpha value is -2.24. The van der Waals surface area contributed by atoms with Crippen LogP contribution in [0.4, 0.5) is 5.69 Å². The summed E-state index contributed by atoms with van der Waals surface area (Å²) in [6.07, 6.45) is -0.853. The highest BCUT2D eigenvalue weighted by Gasteiger charge is 2.18. The molecule has 5 nitrogen and oxygen atoms in total. The highest BCUT2D eigenvalue weighted by molar-refractivity contribution is 6.31. The van der Waals surface area contributed by atoms with Gasteiger partial charge in [0.25, 0.3) is 11.8 Å². The first-order chi connectivity index (χ1) is 10.9. The molecule has 0 aromatic heterocycles. The van der Waals surface area contributed by atoms with Gasteiger partial charge in [-0.1, -0.05) is 29.3 Å². The summed E-state index contributed by atoms with van der Waals surface area (Å²) in [5.41, 5.74) is 5.94. The third-order valence-electron chi connectivity index (χ3n) is 2.97. The fourth-order valence-electron chi connectivity index (χ4n) is 1.85. The minimum Gasteiger partial charge on any atom is -0.480 e. The molecular weight excluding hydrogens is 339 g/mol. The monoisotopic (exact) mass is 352 g/mol. The molecule has 0 radical (unpaired) electrons. The normalized spacial score (nSPS) is 11.6. The maximum absolute atomic E-state index is 12.2. The Morgan fingerprint density at radius 2 is 1.83 bits per heavy atom. The maximum Gasteiger partial charge on any atom is 0.265 e. The molecule has 0 saturated carbocycles. The lowest BCUT2D eigenvalue weighted by atomic mass is 10.2. The van der Waals surface area contributed by atoms with Gasteiger partial charge in [0.15, 0.2) is 6.10 Å². The average Bonchev–Trinajstić information content (AvgIpc) is 2.48. The summed E-state index contributed by atoms with van der Waals surface area (Å²) < 4.78 is 5.52. The fraction of sp³-hybridized carbons (Fsp3) is 0.125. The van der Waals surface area contributed by atoms with Crippen LogP contribution in [0.2, 0.25) is 10.0 Å². The number of hydrogen-bond acceptors (Lipinski definition) is 3. The third-order valence-corrected chi connectivity index (χ3v) is 3.44. The van der Waals surface area contributed by atoms with E-state index in [0.717, 1.165) is 0 Å². The second kappa shape index (κ2) is 7.35. The number of anilines is 1. The van der Waals surface area contributed by atoms with Gasteiger partial charge < -0.3 is 15.8 Å². The average molecular weight is 353 g/mol. The molecule has 0 saturated heterocycles. The molecule has 0 fully saturated rings. The molecule has 0 bridgehead atoms. The zero-order valence-corrected chi connectivity index (χ0v) is 13.7. The van der Waals surface area contributed by atoms with E-state index in [1.165, 1.54) is 12.1 Å². The maximum atomic E-state index is 12.2. The predicted octanol–water partition coefficient (Wildman–Crippen LogP) is 3.50. The molecule has 2 aromatic carbocycles. The van der Waals surface area contributed by atoms with Crippen molar-refractivity contribution in [2.75, 3.05) is 5.32 Å². The molecule has 120 valence electrons. The van der Waals surface area contributed by atoms with E-state index in [4.69, 9.17) is 33.7 Å². The van der Waals surface area contributed by atoms with Gasteiger partial charge in [-0.05, 0) is 43.3 Å². The molecule has 0 aliphatic heterocycles. The Morgan fingerprint density at radius 3 is 2.48 bits per heavy atom. The molecule has 2 amide bonds. The van der Waals surface area contributed by atoms with Crippen molar-refractivity contribution in [1.29, 1.82) is 0 Å². The van der Waals surface area contributed by atoms with E-state index in [2.05, 4.69) is 5.32 Å². The van der Waals surface area contributed by atoms with Crippen molar-refractivity contribution in [3.8, 4) is 5.75 Å². The molecule has 2 aromatic rings. The lowest BCUT2D eigenvalue weighted by Crippen LogP contribution is -2.30. The number of carbonyl (C=O) groups is 2. The molecule has 1 atom stereocenters. The summed E-state index contributed by atoms with van der Waals surface area (Å²) in [5, 5.41) is 3.53. The molecule has 0 aliphatic carbocycles. The number of halogens is 2. The van der Waals surface area contributed by atoms with E-state index in [1.54, 1.807) is 37.3 Å². The van der Waals surface area contributed by atoms with Crippen LogP contribution in [0, 0.1) is 0 Å². The molecule has 0 heterocycles. The van der Waals surface area contributed by atoms with Gasteiger partial charge in [-0.3, -0.25) is 9.59 Å². The van der Waals surface area contributed by atoms with Crippen molar-refractivity contribution >= 4 is 40.7 Å². The minimum absolute atomic E-state index is 0.111. The van der Waals surface area contributed by atoms with Gasteiger partial charge in [0.2, 0.25) is 0 Å².